The fourth-order valence-electron chi connectivity index (χ4n) is 5.83. The molecule has 0 saturated carbocycles. The normalized spacial score (nSPS) is 30.9. The Morgan fingerprint density at radius 1 is 1.22 bits per heavy atom. The molecular weight excluding hydrogens is 546 g/mol. The van der Waals surface area contributed by atoms with Gasteiger partial charge in [-0.25, -0.2) is 0 Å². The lowest BCUT2D eigenvalue weighted by Crippen LogP contribution is -2.57. The van der Waals surface area contributed by atoms with Gasteiger partial charge in [-0.05, 0) is 71.2 Å². The number of anilines is 1. The Labute approximate surface area is 225 Å². The molecule has 8 nitrogen and oxygen atoms in total. The number of benzene rings is 1. The molecule has 3 amide bonds. The lowest BCUT2D eigenvalue weighted by atomic mass is 9.70. The predicted octanol–water partition coefficient (Wildman–Crippen LogP) is 3.18. The highest BCUT2D eigenvalue weighted by Gasteiger charge is 2.75. The summed E-state index contributed by atoms with van der Waals surface area (Å²) in [4.78, 5) is 42.9. The summed E-state index contributed by atoms with van der Waals surface area (Å²) in [5, 5.41) is 15.3. The SMILES string of the molecule is CCOc1ccc(NC(=O)[C@H]2[C@@H]3SC4(CC3Br)C(C(=O)NC(C)(C)C)N(CCCCO)C(=O)[C@H]24)cc1. The lowest BCUT2D eigenvalue weighted by Gasteiger charge is -2.36. The molecule has 3 aliphatic heterocycles. The van der Waals surface area contributed by atoms with Crippen LogP contribution in [0.15, 0.2) is 24.3 Å². The van der Waals surface area contributed by atoms with Gasteiger partial charge in [0.15, 0.2) is 0 Å². The molecule has 3 saturated heterocycles. The molecule has 1 spiro atoms. The third-order valence-corrected chi connectivity index (χ3v) is 10.3. The second kappa shape index (κ2) is 10.5. The summed E-state index contributed by atoms with van der Waals surface area (Å²) in [6, 6.07) is 6.54. The maximum absolute atomic E-state index is 13.9. The number of thioether (sulfide) groups is 1. The largest absolute Gasteiger partial charge is 0.494 e. The number of nitrogens with one attached hydrogen (secondary N) is 2. The molecule has 4 rings (SSSR count). The number of hydrogen-bond donors (Lipinski definition) is 3. The van der Waals surface area contributed by atoms with Crippen LogP contribution in [0.5, 0.6) is 5.75 Å². The van der Waals surface area contributed by atoms with E-state index in [0.717, 1.165) is 5.75 Å². The van der Waals surface area contributed by atoms with E-state index in [9.17, 15) is 19.5 Å². The van der Waals surface area contributed by atoms with Gasteiger partial charge in [-0.15, -0.1) is 11.8 Å². The van der Waals surface area contributed by atoms with Crippen LogP contribution >= 0.6 is 27.7 Å². The molecule has 36 heavy (non-hydrogen) atoms. The highest BCUT2D eigenvalue weighted by Crippen LogP contribution is 2.67. The standard InChI is InChI=1S/C26H36BrN3O5S/c1-5-35-16-10-8-15(9-11-16)28-22(32)18-19-24(34)30(12-6-7-13-31)21(23(33)29-25(2,3)4)26(19)14-17(27)20(18)36-26/h8-11,17-21,31H,5-7,12-14H2,1-4H3,(H,28,32)(H,29,33)/t17?,18-,19+,20-,21?,26?/m1/s1. The Morgan fingerprint density at radius 2 is 1.92 bits per heavy atom. The number of ether oxygens (including phenoxy) is 1. The summed E-state index contributed by atoms with van der Waals surface area (Å²) in [7, 11) is 0. The van der Waals surface area contributed by atoms with E-state index in [1.807, 2.05) is 27.7 Å². The molecule has 2 bridgehead atoms. The van der Waals surface area contributed by atoms with E-state index in [-0.39, 0.29) is 34.4 Å². The highest BCUT2D eigenvalue weighted by atomic mass is 79.9. The number of hydrogen-bond acceptors (Lipinski definition) is 6. The van der Waals surface area contributed by atoms with Crippen LogP contribution in [0.4, 0.5) is 5.69 Å². The molecule has 3 aliphatic rings. The number of fused-ring (bicyclic) bond motifs is 1. The van der Waals surface area contributed by atoms with Crippen LogP contribution < -0.4 is 15.4 Å². The van der Waals surface area contributed by atoms with Gasteiger partial charge in [-0.3, -0.25) is 14.4 Å². The Balaban J connectivity index is 1.63. The maximum atomic E-state index is 13.9. The number of amides is 3. The molecule has 0 aromatic heterocycles. The van der Waals surface area contributed by atoms with Crippen LogP contribution in [0, 0.1) is 11.8 Å². The van der Waals surface area contributed by atoms with Crippen LogP contribution in [0.1, 0.15) is 47.0 Å². The van der Waals surface area contributed by atoms with Gasteiger partial charge >= 0.3 is 0 Å². The van der Waals surface area contributed by atoms with Crippen LogP contribution in [-0.4, -0.2) is 73.9 Å². The van der Waals surface area contributed by atoms with Crippen LogP contribution in [-0.2, 0) is 14.4 Å². The molecule has 10 heteroatoms. The van der Waals surface area contributed by atoms with Gasteiger partial charge < -0.3 is 25.4 Å². The molecule has 198 valence electrons. The van der Waals surface area contributed by atoms with Crippen molar-refractivity contribution in [1.29, 1.82) is 0 Å². The number of halogens is 1. The molecule has 3 fully saturated rings. The summed E-state index contributed by atoms with van der Waals surface area (Å²) in [5.74, 6) is -0.921. The zero-order valence-electron chi connectivity index (χ0n) is 21.3. The number of alkyl halides is 1. The van der Waals surface area contributed by atoms with Crippen molar-refractivity contribution in [3.05, 3.63) is 24.3 Å². The van der Waals surface area contributed by atoms with Crippen molar-refractivity contribution in [2.75, 3.05) is 25.1 Å². The first kappa shape index (κ1) is 27.3. The summed E-state index contributed by atoms with van der Waals surface area (Å²) in [6.45, 7) is 8.65. The van der Waals surface area contributed by atoms with E-state index in [4.69, 9.17) is 4.74 Å². The molecular formula is C26H36BrN3O5S. The zero-order valence-corrected chi connectivity index (χ0v) is 23.7. The number of unbranched alkanes of at least 4 members (excludes halogenated alkanes) is 1. The average Bonchev–Trinajstić information content (AvgIpc) is 3.38. The summed E-state index contributed by atoms with van der Waals surface area (Å²) in [6.07, 6.45) is 1.79. The van der Waals surface area contributed by atoms with Crippen molar-refractivity contribution < 1.29 is 24.2 Å². The molecule has 1 aromatic carbocycles. The van der Waals surface area contributed by atoms with Crippen molar-refractivity contribution in [3.63, 3.8) is 0 Å². The quantitative estimate of drug-likeness (QED) is 0.305. The number of nitrogens with zero attached hydrogens (tertiary/aromatic N) is 1. The Bertz CT molecular complexity index is 1000. The zero-order chi connectivity index (χ0) is 26.3. The number of likely N-dealkylation sites (tertiary alicyclic amines) is 1. The number of aliphatic hydroxyl groups is 1. The van der Waals surface area contributed by atoms with E-state index in [1.54, 1.807) is 40.9 Å². The number of carbonyl (C=O) groups excluding carboxylic acids is 3. The minimum absolute atomic E-state index is 0.0185. The minimum Gasteiger partial charge on any atom is -0.494 e. The highest BCUT2D eigenvalue weighted by molar-refractivity contribution is 9.09. The first-order valence-corrected chi connectivity index (χ1v) is 14.4. The second-order valence-electron chi connectivity index (χ2n) is 10.8. The van der Waals surface area contributed by atoms with Crippen LogP contribution in [0.2, 0.25) is 0 Å². The monoisotopic (exact) mass is 581 g/mol. The van der Waals surface area contributed by atoms with E-state index in [1.165, 1.54) is 0 Å². The molecule has 1 aromatic rings. The number of rotatable bonds is 9. The Hall–Kier alpha value is -1.78. The van der Waals surface area contributed by atoms with E-state index >= 15 is 0 Å². The molecule has 0 aliphatic carbocycles. The van der Waals surface area contributed by atoms with Crippen molar-refractivity contribution in [1.82, 2.24) is 10.2 Å². The fraction of sp³-hybridized carbons (Fsp3) is 0.654. The molecule has 3 unspecified atom stereocenters. The van der Waals surface area contributed by atoms with Crippen molar-refractivity contribution in [3.8, 4) is 5.75 Å². The summed E-state index contributed by atoms with van der Waals surface area (Å²) in [5.41, 5.74) is 0.189. The third kappa shape index (κ3) is 5.00. The fourth-order valence-corrected chi connectivity index (χ4v) is 9.44. The summed E-state index contributed by atoms with van der Waals surface area (Å²) < 4.78 is 4.81. The van der Waals surface area contributed by atoms with Crippen LogP contribution in [0.25, 0.3) is 0 Å². The number of carbonyl (C=O) groups is 3. The van der Waals surface area contributed by atoms with Crippen molar-refractivity contribution in [2.45, 2.75) is 73.4 Å². The third-order valence-electron chi connectivity index (χ3n) is 7.08. The van der Waals surface area contributed by atoms with Gasteiger partial charge in [0.1, 0.15) is 11.8 Å². The summed E-state index contributed by atoms with van der Waals surface area (Å²) >= 11 is 5.40. The van der Waals surface area contributed by atoms with Gasteiger partial charge in [0, 0.05) is 34.5 Å². The van der Waals surface area contributed by atoms with E-state index in [2.05, 4.69) is 26.6 Å². The van der Waals surface area contributed by atoms with Gasteiger partial charge in [0.25, 0.3) is 0 Å². The molecule has 6 atom stereocenters. The Morgan fingerprint density at radius 3 is 2.53 bits per heavy atom. The predicted molar refractivity (Wildman–Crippen MR) is 144 cm³/mol. The second-order valence-corrected chi connectivity index (χ2v) is 13.5. The van der Waals surface area contributed by atoms with Crippen LogP contribution in [0.3, 0.4) is 0 Å². The first-order valence-electron chi connectivity index (χ1n) is 12.6. The van der Waals surface area contributed by atoms with Gasteiger partial charge in [0.2, 0.25) is 17.7 Å². The average molecular weight is 583 g/mol. The van der Waals surface area contributed by atoms with Gasteiger partial charge in [0.05, 0.1) is 23.2 Å². The van der Waals surface area contributed by atoms with Gasteiger partial charge in [-0.1, -0.05) is 15.9 Å². The minimum atomic E-state index is -0.675. The number of aliphatic hydroxyl groups excluding tert-OH is 1. The van der Waals surface area contributed by atoms with Gasteiger partial charge in [-0.2, -0.15) is 0 Å². The topological polar surface area (TPSA) is 108 Å². The molecule has 0 radical (unpaired) electrons. The maximum Gasteiger partial charge on any atom is 0.244 e. The lowest BCUT2D eigenvalue weighted by molar-refractivity contribution is -0.139. The van der Waals surface area contributed by atoms with E-state index < -0.39 is 28.2 Å². The Kier molecular flexibility index (Phi) is 7.98. The molecule has 3 N–H and O–H groups in total. The first-order chi connectivity index (χ1) is 17.0. The molecule has 3 heterocycles. The van der Waals surface area contributed by atoms with Crippen molar-refractivity contribution in [2.24, 2.45) is 11.8 Å². The van der Waals surface area contributed by atoms with E-state index in [0.29, 0.717) is 38.1 Å². The smallest absolute Gasteiger partial charge is 0.244 e. The van der Waals surface area contributed by atoms with Crippen molar-refractivity contribution >= 4 is 51.1 Å².